The second kappa shape index (κ2) is 10.2. The quantitative estimate of drug-likeness (QED) is 0.492. The van der Waals surface area contributed by atoms with Gasteiger partial charge in [0.05, 0.1) is 6.61 Å². The Bertz CT molecular complexity index is 298. The second-order valence-electron chi connectivity index (χ2n) is 4.51. The molecule has 18 heavy (non-hydrogen) atoms. The molecule has 1 N–H and O–H groups in total. The van der Waals surface area contributed by atoms with Gasteiger partial charge in [-0.3, -0.25) is 0 Å². The highest BCUT2D eigenvalue weighted by atomic mass is 79.9. The summed E-state index contributed by atoms with van der Waals surface area (Å²) < 4.78 is 5.59. The molecule has 0 aliphatic heterocycles. The van der Waals surface area contributed by atoms with Crippen molar-refractivity contribution in [3.05, 3.63) is 24.3 Å². The number of benzene rings is 1. The highest BCUT2D eigenvalue weighted by Crippen LogP contribution is 2.16. The molecule has 0 unspecified atom stereocenters. The highest BCUT2D eigenvalue weighted by molar-refractivity contribution is 9.09. The standard InChI is InChI=1S/C15H23BrO2/c16-12-6-4-2-1-3-5-7-13-18-15-10-8-14(17)9-11-15/h8-11,17H,1-7,12-13H2. The minimum absolute atomic E-state index is 0.283. The molecular weight excluding hydrogens is 292 g/mol. The van der Waals surface area contributed by atoms with E-state index in [-0.39, 0.29) is 5.75 Å². The first-order valence-electron chi connectivity index (χ1n) is 6.81. The molecule has 0 atom stereocenters. The monoisotopic (exact) mass is 314 g/mol. The van der Waals surface area contributed by atoms with Crippen LogP contribution in [0.1, 0.15) is 44.9 Å². The van der Waals surface area contributed by atoms with Crippen LogP contribution in [0.4, 0.5) is 0 Å². The Balaban J connectivity index is 1.91. The molecule has 2 nitrogen and oxygen atoms in total. The number of phenolic OH excluding ortho intramolecular Hbond substituents is 1. The topological polar surface area (TPSA) is 29.5 Å². The van der Waals surface area contributed by atoms with Crippen molar-refractivity contribution >= 4 is 15.9 Å². The summed E-state index contributed by atoms with van der Waals surface area (Å²) in [7, 11) is 0. The molecule has 0 bridgehead atoms. The van der Waals surface area contributed by atoms with E-state index in [2.05, 4.69) is 15.9 Å². The van der Waals surface area contributed by atoms with E-state index in [4.69, 9.17) is 9.84 Å². The van der Waals surface area contributed by atoms with E-state index < -0.39 is 0 Å². The van der Waals surface area contributed by atoms with Crippen LogP contribution >= 0.6 is 15.9 Å². The number of unbranched alkanes of at least 4 members (excludes halogenated alkanes) is 6. The van der Waals surface area contributed by atoms with Crippen LogP contribution in [0.3, 0.4) is 0 Å². The third-order valence-electron chi connectivity index (χ3n) is 2.88. The number of hydrogen-bond acceptors (Lipinski definition) is 2. The van der Waals surface area contributed by atoms with Crippen molar-refractivity contribution in [3.8, 4) is 11.5 Å². The summed E-state index contributed by atoms with van der Waals surface area (Å²) in [4.78, 5) is 0. The fraction of sp³-hybridized carbons (Fsp3) is 0.600. The van der Waals surface area contributed by atoms with Crippen molar-refractivity contribution in [2.24, 2.45) is 0 Å². The van der Waals surface area contributed by atoms with Crippen molar-refractivity contribution in [2.45, 2.75) is 44.9 Å². The number of hydrogen-bond donors (Lipinski definition) is 1. The zero-order chi connectivity index (χ0) is 13.1. The molecule has 0 fully saturated rings. The lowest BCUT2D eigenvalue weighted by Gasteiger charge is -2.06. The Morgan fingerprint density at radius 3 is 2.00 bits per heavy atom. The lowest BCUT2D eigenvalue weighted by Crippen LogP contribution is -1.96. The lowest BCUT2D eigenvalue weighted by molar-refractivity contribution is 0.304. The first-order chi connectivity index (χ1) is 8.83. The van der Waals surface area contributed by atoms with Crippen LogP contribution in [-0.2, 0) is 0 Å². The summed E-state index contributed by atoms with van der Waals surface area (Å²) in [5.41, 5.74) is 0. The van der Waals surface area contributed by atoms with Crippen LogP contribution in [0, 0.1) is 0 Å². The number of rotatable bonds is 10. The van der Waals surface area contributed by atoms with Crippen molar-refractivity contribution in [1.82, 2.24) is 0 Å². The van der Waals surface area contributed by atoms with Gasteiger partial charge in [-0.25, -0.2) is 0 Å². The minimum atomic E-state index is 0.283. The van der Waals surface area contributed by atoms with Crippen molar-refractivity contribution in [3.63, 3.8) is 0 Å². The normalized spacial score (nSPS) is 10.5. The molecule has 0 aliphatic rings. The average molecular weight is 315 g/mol. The van der Waals surface area contributed by atoms with Gasteiger partial charge < -0.3 is 9.84 Å². The van der Waals surface area contributed by atoms with Crippen LogP contribution in [0.5, 0.6) is 11.5 Å². The number of alkyl halides is 1. The van der Waals surface area contributed by atoms with E-state index in [0.29, 0.717) is 0 Å². The Morgan fingerprint density at radius 2 is 1.39 bits per heavy atom. The molecule has 0 saturated carbocycles. The van der Waals surface area contributed by atoms with Gasteiger partial charge >= 0.3 is 0 Å². The molecule has 1 aromatic rings. The SMILES string of the molecule is Oc1ccc(OCCCCCCCCCBr)cc1. The van der Waals surface area contributed by atoms with Crippen LogP contribution in [-0.4, -0.2) is 17.0 Å². The summed E-state index contributed by atoms with van der Waals surface area (Å²) in [6.07, 6.45) is 8.99. The van der Waals surface area contributed by atoms with Crippen molar-refractivity contribution < 1.29 is 9.84 Å². The zero-order valence-electron chi connectivity index (χ0n) is 10.9. The molecular formula is C15H23BrO2. The molecule has 0 heterocycles. The molecule has 102 valence electrons. The largest absolute Gasteiger partial charge is 0.508 e. The van der Waals surface area contributed by atoms with E-state index >= 15 is 0 Å². The summed E-state index contributed by atoms with van der Waals surface area (Å²) >= 11 is 3.45. The van der Waals surface area contributed by atoms with Gasteiger partial charge in [0.25, 0.3) is 0 Å². The predicted molar refractivity (Wildman–Crippen MR) is 79.7 cm³/mol. The molecule has 1 aromatic carbocycles. The lowest BCUT2D eigenvalue weighted by atomic mass is 10.1. The van der Waals surface area contributed by atoms with Gasteiger partial charge in [0, 0.05) is 5.33 Å². The minimum Gasteiger partial charge on any atom is -0.508 e. The first kappa shape index (κ1) is 15.4. The summed E-state index contributed by atoms with van der Waals surface area (Å²) in [5.74, 6) is 1.12. The van der Waals surface area contributed by atoms with Crippen LogP contribution in [0.15, 0.2) is 24.3 Å². The Labute approximate surface area is 118 Å². The third-order valence-corrected chi connectivity index (χ3v) is 3.44. The number of ether oxygens (including phenoxy) is 1. The maximum atomic E-state index is 9.13. The Morgan fingerprint density at radius 1 is 0.833 bits per heavy atom. The fourth-order valence-electron chi connectivity index (χ4n) is 1.81. The van der Waals surface area contributed by atoms with Gasteiger partial charge in [-0.1, -0.05) is 48.0 Å². The van der Waals surface area contributed by atoms with E-state index in [0.717, 1.165) is 24.1 Å². The van der Waals surface area contributed by atoms with Crippen LogP contribution < -0.4 is 4.74 Å². The molecule has 0 spiro atoms. The van der Waals surface area contributed by atoms with E-state index in [1.165, 1.54) is 38.5 Å². The van der Waals surface area contributed by atoms with Gasteiger partial charge in [0.15, 0.2) is 0 Å². The van der Waals surface area contributed by atoms with Crippen molar-refractivity contribution in [2.75, 3.05) is 11.9 Å². The average Bonchev–Trinajstić information content (AvgIpc) is 2.39. The van der Waals surface area contributed by atoms with Gasteiger partial charge in [-0.15, -0.1) is 0 Å². The van der Waals surface area contributed by atoms with E-state index in [1.807, 2.05) is 0 Å². The maximum Gasteiger partial charge on any atom is 0.119 e. The zero-order valence-corrected chi connectivity index (χ0v) is 12.5. The fourth-order valence-corrected chi connectivity index (χ4v) is 2.21. The smallest absolute Gasteiger partial charge is 0.119 e. The highest BCUT2D eigenvalue weighted by Gasteiger charge is 1.95. The summed E-state index contributed by atoms with van der Waals surface area (Å²) in [6.45, 7) is 0.770. The maximum absolute atomic E-state index is 9.13. The van der Waals surface area contributed by atoms with Gasteiger partial charge in [-0.2, -0.15) is 0 Å². The summed E-state index contributed by atoms with van der Waals surface area (Å²) in [5, 5.41) is 10.3. The second-order valence-corrected chi connectivity index (χ2v) is 5.30. The molecule has 3 heteroatoms. The molecule has 0 amide bonds. The van der Waals surface area contributed by atoms with Crippen molar-refractivity contribution in [1.29, 1.82) is 0 Å². The number of aromatic hydroxyl groups is 1. The van der Waals surface area contributed by atoms with Crippen LogP contribution in [0.2, 0.25) is 0 Å². The third kappa shape index (κ3) is 7.59. The number of phenols is 1. The summed E-state index contributed by atoms with van der Waals surface area (Å²) in [6, 6.07) is 6.91. The molecule has 0 aliphatic carbocycles. The van der Waals surface area contributed by atoms with E-state index in [9.17, 15) is 0 Å². The molecule has 0 radical (unpaired) electrons. The number of halogens is 1. The van der Waals surface area contributed by atoms with Gasteiger partial charge in [-0.05, 0) is 37.1 Å². The molecule has 1 rings (SSSR count). The first-order valence-corrected chi connectivity index (χ1v) is 7.93. The molecule has 0 aromatic heterocycles. The Hall–Kier alpha value is -0.700. The predicted octanol–water partition coefficient (Wildman–Crippen LogP) is 4.90. The Kier molecular flexibility index (Phi) is 8.74. The molecule has 0 saturated heterocycles. The van der Waals surface area contributed by atoms with Gasteiger partial charge in [0.1, 0.15) is 11.5 Å². The van der Waals surface area contributed by atoms with Gasteiger partial charge in [0.2, 0.25) is 0 Å². The van der Waals surface area contributed by atoms with Crippen LogP contribution in [0.25, 0.3) is 0 Å². The van der Waals surface area contributed by atoms with E-state index in [1.54, 1.807) is 24.3 Å².